The Morgan fingerprint density at radius 3 is 1.92 bits per heavy atom. The summed E-state index contributed by atoms with van der Waals surface area (Å²) in [5.74, 6) is -5.15. The summed E-state index contributed by atoms with van der Waals surface area (Å²) < 4.78 is 60.5. The quantitative estimate of drug-likeness (QED) is 0.362. The summed E-state index contributed by atoms with van der Waals surface area (Å²) in [5.41, 5.74) is 0. The lowest BCUT2D eigenvalue weighted by atomic mass is 10.3. The highest BCUT2D eigenvalue weighted by Crippen LogP contribution is 2.23. The maximum absolute atomic E-state index is 12.4. The van der Waals surface area contributed by atoms with Gasteiger partial charge >= 0.3 is 11.7 Å². The molecule has 0 aliphatic carbocycles. The zero-order valence-electron chi connectivity index (χ0n) is 5.83. The largest absolute Gasteiger partial charge is 1.00 e. The van der Waals surface area contributed by atoms with Crippen LogP contribution in [0.3, 0.4) is 0 Å². The maximum Gasteiger partial charge on any atom is 0.466 e. The van der Waals surface area contributed by atoms with Crippen molar-refractivity contribution in [2.75, 3.05) is 0 Å². The van der Waals surface area contributed by atoms with Gasteiger partial charge in [-0.15, -0.1) is 0 Å². The molecule has 0 aliphatic heterocycles. The van der Waals surface area contributed by atoms with E-state index in [1.165, 1.54) is 0 Å². The van der Waals surface area contributed by atoms with Gasteiger partial charge in [0, 0.05) is 6.07 Å². The van der Waals surface area contributed by atoms with Crippen LogP contribution in [0.2, 0.25) is 0 Å². The first-order valence-corrected chi connectivity index (χ1v) is 3.77. The smallest absolute Gasteiger partial charge is 0.466 e. The zero-order chi connectivity index (χ0) is 9.30. The van der Waals surface area contributed by atoms with Crippen molar-refractivity contribution in [3.05, 3.63) is 29.6 Å². The molecule has 0 saturated heterocycles. The van der Waals surface area contributed by atoms with Gasteiger partial charge in [-0.2, -0.15) is 4.39 Å². The van der Waals surface area contributed by atoms with Gasteiger partial charge in [-0.3, -0.25) is 0 Å². The Hall–Kier alpha value is -0.490. The molecule has 0 aromatic heterocycles. The minimum absolute atomic E-state index is 0. The first-order valence-electron chi connectivity index (χ1n) is 2.74. The van der Waals surface area contributed by atoms with Crippen LogP contribution in [0.15, 0.2) is 17.0 Å². The molecule has 0 radical (unpaired) electrons. The van der Waals surface area contributed by atoms with E-state index in [4.69, 9.17) is 0 Å². The summed E-state index contributed by atoms with van der Waals surface area (Å²) in [7, 11) is 0. The third-order valence-corrected chi connectivity index (χ3v) is 1.81. The van der Waals surface area contributed by atoms with Crippen LogP contribution in [-0.4, -0.2) is 0 Å². The third kappa shape index (κ3) is 2.47. The molecule has 0 fully saturated rings. The average molecular weight is 237 g/mol. The van der Waals surface area contributed by atoms with E-state index in [0.717, 1.165) is 0 Å². The minimum atomic E-state index is -3.39. The van der Waals surface area contributed by atoms with E-state index in [2.05, 4.69) is 0 Å². The van der Waals surface area contributed by atoms with E-state index in [1.54, 1.807) is 0 Å². The SMILES string of the molecule is Fc1ccc([S+](F)F)c(F)c1F.[Cl-]. The van der Waals surface area contributed by atoms with Crippen LogP contribution < -0.4 is 12.4 Å². The maximum atomic E-state index is 12.4. The molecule has 1 rings (SSSR count). The van der Waals surface area contributed by atoms with Gasteiger partial charge in [0.2, 0.25) is 5.82 Å². The standard InChI is InChI=1S/C6H2F5S.ClH/c7-3-1-2-4(12(10)11)6(9)5(3)8;/h1-2H;1H/q+1;/p-1. The lowest BCUT2D eigenvalue weighted by Gasteiger charge is -1.93. The van der Waals surface area contributed by atoms with Gasteiger partial charge in [-0.25, -0.2) is 8.78 Å². The van der Waals surface area contributed by atoms with Crippen LogP contribution in [0.5, 0.6) is 0 Å². The molecule has 0 aliphatic rings. The molecule has 0 atom stereocenters. The molecule has 0 heterocycles. The molecular formula is C6H2ClF5S. The topological polar surface area (TPSA) is 0 Å². The number of hydrogen-bond acceptors (Lipinski definition) is 0. The number of halogens is 6. The van der Waals surface area contributed by atoms with Crippen LogP contribution in [0.1, 0.15) is 0 Å². The van der Waals surface area contributed by atoms with Gasteiger partial charge in [-0.1, -0.05) is 0 Å². The van der Waals surface area contributed by atoms with Crippen molar-refractivity contribution in [2.45, 2.75) is 4.90 Å². The van der Waals surface area contributed by atoms with Crippen LogP contribution >= 0.6 is 0 Å². The van der Waals surface area contributed by atoms with Crippen molar-refractivity contribution >= 4 is 11.7 Å². The van der Waals surface area contributed by atoms with Crippen LogP contribution in [0, 0.1) is 17.5 Å². The fourth-order valence-corrected chi connectivity index (χ4v) is 1.02. The van der Waals surface area contributed by atoms with E-state index in [0.29, 0.717) is 12.1 Å². The molecule has 0 nitrogen and oxygen atoms in total. The van der Waals surface area contributed by atoms with Gasteiger partial charge in [-0.05, 0) is 6.07 Å². The van der Waals surface area contributed by atoms with Crippen molar-refractivity contribution in [2.24, 2.45) is 0 Å². The fraction of sp³-hybridized carbons (Fsp3) is 0. The second-order valence-electron chi connectivity index (χ2n) is 1.89. The van der Waals surface area contributed by atoms with Crippen molar-refractivity contribution < 1.29 is 33.3 Å². The molecule has 1 aromatic rings. The summed E-state index contributed by atoms with van der Waals surface area (Å²) in [6.07, 6.45) is 0. The number of hydrogen-bond donors (Lipinski definition) is 0. The summed E-state index contributed by atoms with van der Waals surface area (Å²) in [6, 6.07) is 0.990. The predicted molar refractivity (Wildman–Crippen MR) is 34.2 cm³/mol. The van der Waals surface area contributed by atoms with Crippen LogP contribution in [0.25, 0.3) is 0 Å². The zero-order valence-corrected chi connectivity index (χ0v) is 7.40. The fourth-order valence-electron chi connectivity index (χ4n) is 0.627. The summed E-state index contributed by atoms with van der Waals surface area (Å²) >= 11 is -3.39. The molecule has 74 valence electrons. The van der Waals surface area contributed by atoms with E-state index in [1.807, 2.05) is 0 Å². The Morgan fingerprint density at radius 2 is 1.46 bits per heavy atom. The Balaban J connectivity index is 0.00000144. The molecular weight excluding hydrogens is 235 g/mol. The van der Waals surface area contributed by atoms with E-state index >= 15 is 0 Å². The van der Waals surface area contributed by atoms with Crippen molar-refractivity contribution in [3.63, 3.8) is 0 Å². The lowest BCUT2D eigenvalue weighted by molar-refractivity contribution is -0.00000555. The second kappa shape index (κ2) is 4.66. The highest BCUT2D eigenvalue weighted by atomic mass is 35.5. The Labute approximate surface area is 80.1 Å². The molecule has 0 spiro atoms. The first-order chi connectivity index (χ1) is 5.54. The van der Waals surface area contributed by atoms with Crippen LogP contribution in [-0.2, 0) is 11.7 Å². The average Bonchev–Trinajstić information content (AvgIpc) is 2.00. The molecule has 0 bridgehead atoms. The third-order valence-electron chi connectivity index (χ3n) is 1.17. The minimum Gasteiger partial charge on any atom is -1.00 e. The highest BCUT2D eigenvalue weighted by molar-refractivity contribution is 7.87. The molecule has 0 amide bonds. The Bertz CT molecular complexity index is 303. The van der Waals surface area contributed by atoms with E-state index < -0.39 is 34.0 Å². The Kier molecular flexibility index (Phi) is 4.49. The summed E-state index contributed by atoms with van der Waals surface area (Å²) in [4.78, 5) is -1.10. The van der Waals surface area contributed by atoms with Gasteiger partial charge < -0.3 is 12.4 Å². The van der Waals surface area contributed by atoms with Gasteiger partial charge in [0.1, 0.15) is 0 Å². The molecule has 1 aromatic carbocycles. The van der Waals surface area contributed by atoms with E-state index in [-0.39, 0.29) is 12.4 Å². The van der Waals surface area contributed by atoms with Crippen LogP contribution in [0.4, 0.5) is 20.9 Å². The van der Waals surface area contributed by atoms with Crippen molar-refractivity contribution in [3.8, 4) is 0 Å². The predicted octanol–water partition coefficient (Wildman–Crippen LogP) is -0.146. The first kappa shape index (κ1) is 12.5. The molecule has 0 saturated carbocycles. The second-order valence-corrected chi connectivity index (χ2v) is 2.75. The Morgan fingerprint density at radius 1 is 0.923 bits per heavy atom. The van der Waals surface area contributed by atoms with Gasteiger partial charge in [0.05, 0.1) is 7.77 Å². The summed E-state index contributed by atoms with van der Waals surface area (Å²) in [5, 5.41) is 0. The molecule has 0 unspecified atom stereocenters. The molecule has 7 heteroatoms. The van der Waals surface area contributed by atoms with Gasteiger partial charge in [0.15, 0.2) is 11.6 Å². The van der Waals surface area contributed by atoms with Crippen molar-refractivity contribution in [1.82, 2.24) is 0 Å². The normalized spacial score (nSPS) is 10.0. The van der Waals surface area contributed by atoms with Crippen molar-refractivity contribution in [1.29, 1.82) is 0 Å². The monoisotopic (exact) mass is 236 g/mol. The van der Waals surface area contributed by atoms with Gasteiger partial charge in [0.25, 0.3) is 4.90 Å². The molecule has 13 heavy (non-hydrogen) atoms. The number of rotatable bonds is 1. The number of benzene rings is 1. The summed E-state index contributed by atoms with van der Waals surface area (Å²) in [6.45, 7) is 0. The highest BCUT2D eigenvalue weighted by Gasteiger charge is 2.32. The lowest BCUT2D eigenvalue weighted by Crippen LogP contribution is -3.00. The van der Waals surface area contributed by atoms with E-state index in [9.17, 15) is 20.9 Å². The molecule has 0 N–H and O–H groups in total.